The molecule has 19 heavy (non-hydrogen) atoms. The van der Waals surface area contributed by atoms with Gasteiger partial charge < -0.3 is 4.90 Å². The molecule has 0 spiro atoms. The highest BCUT2D eigenvalue weighted by Gasteiger charge is 2.22. The van der Waals surface area contributed by atoms with Crippen LogP contribution in [0.15, 0.2) is 29.8 Å². The third kappa shape index (κ3) is 3.19. The van der Waals surface area contributed by atoms with Crippen molar-refractivity contribution in [2.45, 2.75) is 27.2 Å². The van der Waals surface area contributed by atoms with E-state index in [1.54, 1.807) is 6.07 Å². The van der Waals surface area contributed by atoms with Crippen molar-refractivity contribution in [3.63, 3.8) is 0 Å². The Morgan fingerprint density at radius 3 is 2.53 bits per heavy atom. The minimum absolute atomic E-state index is 0.247. The molecule has 1 heterocycles. The number of nitrogens with zero attached hydrogens (tertiary/aromatic N) is 1. The monoisotopic (exact) mass is 277 g/mol. The quantitative estimate of drug-likeness (QED) is 0.592. The van der Waals surface area contributed by atoms with Crippen LogP contribution in [-0.4, -0.2) is 19.4 Å². The number of benzene rings is 1. The van der Waals surface area contributed by atoms with Gasteiger partial charge in [0.2, 0.25) is 0 Å². The number of hydrogen-bond donors (Lipinski definition) is 0. The highest BCUT2D eigenvalue weighted by Crippen LogP contribution is 2.33. The Hall–Kier alpha value is -1.28. The van der Waals surface area contributed by atoms with Gasteiger partial charge in [0, 0.05) is 18.7 Å². The van der Waals surface area contributed by atoms with Crippen LogP contribution in [0.25, 0.3) is 0 Å². The minimum atomic E-state index is 0.247. The van der Waals surface area contributed by atoms with E-state index in [9.17, 15) is 4.79 Å². The maximum atomic E-state index is 10.7. The largest absolute Gasteiger partial charge is 0.366 e. The highest BCUT2D eigenvalue weighted by molar-refractivity contribution is 6.33. The zero-order valence-corrected chi connectivity index (χ0v) is 12.5. The molecule has 2 rings (SSSR count). The summed E-state index contributed by atoms with van der Waals surface area (Å²) >= 11 is 6.25. The van der Waals surface area contributed by atoms with Gasteiger partial charge in [0.05, 0.1) is 10.7 Å². The Kier molecular flexibility index (Phi) is 4.00. The molecule has 1 aromatic carbocycles. The van der Waals surface area contributed by atoms with E-state index in [2.05, 4.69) is 31.7 Å². The predicted octanol–water partition coefficient (Wildman–Crippen LogP) is 4.34. The summed E-state index contributed by atoms with van der Waals surface area (Å²) in [6.45, 7) is 8.61. The van der Waals surface area contributed by atoms with Crippen LogP contribution in [0.5, 0.6) is 0 Å². The predicted molar refractivity (Wildman–Crippen MR) is 81.2 cm³/mol. The van der Waals surface area contributed by atoms with Gasteiger partial charge in [-0.05, 0) is 30.0 Å². The molecule has 1 aliphatic heterocycles. The van der Waals surface area contributed by atoms with Crippen LogP contribution < -0.4 is 4.90 Å². The van der Waals surface area contributed by atoms with Gasteiger partial charge in [0.1, 0.15) is 6.29 Å². The molecule has 0 bridgehead atoms. The zero-order valence-electron chi connectivity index (χ0n) is 11.7. The number of carbonyl (C=O) groups is 1. The van der Waals surface area contributed by atoms with E-state index < -0.39 is 0 Å². The average Bonchev–Trinajstić information content (AvgIpc) is 2.37. The first kappa shape index (κ1) is 14.1. The van der Waals surface area contributed by atoms with Crippen molar-refractivity contribution < 1.29 is 4.79 Å². The molecule has 0 radical (unpaired) electrons. The molecular formula is C16H20ClNO. The van der Waals surface area contributed by atoms with Crippen molar-refractivity contribution in [2.24, 2.45) is 5.41 Å². The molecule has 0 amide bonds. The normalized spacial score (nSPS) is 16.2. The lowest BCUT2D eigenvalue weighted by Gasteiger charge is -2.33. The molecule has 0 fully saturated rings. The lowest BCUT2D eigenvalue weighted by Crippen LogP contribution is -2.31. The molecule has 0 aromatic heterocycles. The second-order valence-corrected chi connectivity index (χ2v) is 6.41. The summed E-state index contributed by atoms with van der Waals surface area (Å²) in [4.78, 5) is 13.0. The first-order valence-electron chi connectivity index (χ1n) is 6.61. The highest BCUT2D eigenvalue weighted by atomic mass is 35.5. The summed E-state index contributed by atoms with van der Waals surface area (Å²) in [6.07, 6.45) is 4.19. The first-order chi connectivity index (χ1) is 8.91. The summed E-state index contributed by atoms with van der Waals surface area (Å²) in [5.74, 6) is 0. The van der Waals surface area contributed by atoms with Crippen LogP contribution in [0.4, 0.5) is 5.69 Å². The lowest BCUT2D eigenvalue weighted by molar-refractivity contribution is 0.112. The van der Waals surface area contributed by atoms with Gasteiger partial charge in [-0.1, -0.05) is 44.0 Å². The van der Waals surface area contributed by atoms with E-state index in [4.69, 9.17) is 11.6 Å². The summed E-state index contributed by atoms with van der Waals surface area (Å²) in [5, 5.41) is 0.650. The van der Waals surface area contributed by atoms with Gasteiger partial charge >= 0.3 is 0 Å². The summed E-state index contributed by atoms with van der Waals surface area (Å²) < 4.78 is 0. The molecule has 0 atom stereocenters. The molecule has 3 heteroatoms. The van der Waals surface area contributed by atoms with Gasteiger partial charge in [0.25, 0.3) is 0 Å². The van der Waals surface area contributed by atoms with Gasteiger partial charge in [-0.25, -0.2) is 0 Å². The molecular weight excluding hydrogens is 258 g/mol. The van der Waals surface area contributed by atoms with Gasteiger partial charge in [-0.15, -0.1) is 0 Å². The van der Waals surface area contributed by atoms with Crippen molar-refractivity contribution in [3.8, 4) is 0 Å². The summed E-state index contributed by atoms with van der Waals surface area (Å²) in [5.41, 5.74) is 3.38. The van der Waals surface area contributed by atoms with Crippen molar-refractivity contribution >= 4 is 23.6 Å². The maximum Gasteiger partial charge on any atom is 0.150 e. The van der Waals surface area contributed by atoms with E-state index in [-0.39, 0.29) is 5.41 Å². The SMILES string of the molecule is CC(C)(C)C1=CCN(c2ccc(C=O)cc2Cl)CC1. The van der Waals surface area contributed by atoms with Crippen molar-refractivity contribution in [1.82, 2.24) is 0 Å². The van der Waals surface area contributed by atoms with E-state index in [0.717, 1.165) is 31.5 Å². The summed E-state index contributed by atoms with van der Waals surface area (Å²) in [7, 11) is 0. The zero-order chi connectivity index (χ0) is 14.0. The fourth-order valence-electron chi connectivity index (χ4n) is 2.42. The molecule has 1 aromatic rings. The topological polar surface area (TPSA) is 20.3 Å². The first-order valence-corrected chi connectivity index (χ1v) is 6.99. The molecule has 0 saturated carbocycles. The number of halogens is 1. The lowest BCUT2D eigenvalue weighted by atomic mass is 9.83. The van der Waals surface area contributed by atoms with E-state index in [1.807, 2.05) is 12.1 Å². The molecule has 102 valence electrons. The Morgan fingerprint density at radius 1 is 1.32 bits per heavy atom. The molecule has 0 aliphatic carbocycles. The van der Waals surface area contributed by atoms with E-state index >= 15 is 0 Å². The standard InChI is InChI=1S/C16H20ClNO/c1-16(2,3)13-6-8-18(9-7-13)15-5-4-12(11-19)10-14(15)17/h4-6,10-11H,7-9H2,1-3H3. The van der Waals surface area contributed by atoms with Crippen molar-refractivity contribution in [1.29, 1.82) is 0 Å². The second kappa shape index (κ2) is 5.38. The van der Waals surface area contributed by atoms with E-state index in [1.165, 1.54) is 5.57 Å². The van der Waals surface area contributed by atoms with Crippen LogP contribution in [0.3, 0.4) is 0 Å². The van der Waals surface area contributed by atoms with Crippen LogP contribution >= 0.6 is 11.6 Å². The average molecular weight is 278 g/mol. The van der Waals surface area contributed by atoms with E-state index in [0.29, 0.717) is 10.6 Å². The van der Waals surface area contributed by atoms with Gasteiger partial charge in [0.15, 0.2) is 0 Å². The minimum Gasteiger partial charge on any atom is -0.366 e. The smallest absolute Gasteiger partial charge is 0.150 e. The fraction of sp³-hybridized carbons (Fsp3) is 0.438. The Balaban J connectivity index is 2.18. The second-order valence-electron chi connectivity index (χ2n) is 6.00. The number of anilines is 1. The Bertz CT molecular complexity index is 514. The van der Waals surface area contributed by atoms with Crippen molar-refractivity contribution in [2.75, 3.05) is 18.0 Å². The molecule has 1 aliphatic rings. The Labute approximate surface area is 120 Å². The summed E-state index contributed by atoms with van der Waals surface area (Å²) in [6, 6.07) is 5.48. The maximum absolute atomic E-state index is 10.7. The van der Waals surface area contributed by atoms with Crippen LogP contribution in [0.1, 0.15) is 37.6 Å². The van der Waals surface area contributed by atoms with Gasteiger partial charge in [-0.2, -0.15) is 0 Å². The molecule has 0 unspecified atom stereocenters. The third-order valence-corrected chi connectivity index (χ3v) is 3.92. The van der Waals surface area contributed by atoms with Crippen LogP contribution in [0, 0.1) is 5.41 Å². The third-order valence-electron chi connectivity index (χ3n) is 3.62. The Morgan fingerprint density at radius 2 is 2.05 bits per heavy atom. The molecule has 0 saturated heterocycles. The molecule has 0 N–H and O–H groups in total. The fourth-order valence-corrected chi connectivity index (χ4v) is 2.73. The number of aldehydes is 1. The van der Waals surface area contributed by atoms with Crippen LogP contribution in [-0.2, 0) is 0 Å². The molecule has 2 nitrogen and oxygen atoms in total. The number of carbonyl (C=O) groups excluding carboxylic acids is 1. The number of rotatable bonds is 2. The van der Waals surface area contributed by atoms with Crippen LogP contribution in [0.2, 0.25) is 5.02 Å². The number of hydrogen-bond acceptors (Lipinski definition) is 2. The van der Waals surface area contributed by atoms with Crippen molar-refractivity contribution in [3.05, 3.63) is 40.4 Å². The van der Waals surface area contributed by atoms with Gasteiger partial charge in [-0.3, -0.25) is 4.79 Å².